The van der Waals surface area contributed by atoms with Crippen LogP contribution in [-0.2, 0) is 19.7 Å². The van der Waals surface area contributed by atoms with Crippen LogP contribution in [0.2, 0.25) is 0 Å². The minimum Gasteiger partial charge on any atom is -0.478 e. The minimum atomic E-state index is -3.78. The Morgan fingerprint density at radius 3 is 2.16 bits per heavy atom. The van der Waals surface area contributed by atoms with Gasteiger partial charge in [-0.2, -0.15) is 8.42 Å². The normalized spacial score (nSPS) is 12.2. The van der Waals surface area contributed by atoms with Crippen molar-refractivity contribution >= 4 is 16.1 Å². The third-order valence-corrected chi connectivity index (χ3v) is 6.57. The highest BCUT2D eigenvalue weighted by atomic mass is 32.2. The Bertz CT molecular complexity index is 1020. The van der Waals surface area contributed by atoms with Gasteiger partial charge < -0.3 is 5.11 Å². The molecule has 0 saturated carbocycles. The second-order valence-electron chi connectivity index (χ2n) is 8.22. The van der Waals surface area contributed by atoms with Crippen LogP contribution in [0.3, 0.4) is 0 Å². The Morgan fingerprint density at radius 1 is 0.968 bits per heavy atom. The molecule has 2 aromatic carbocycles. The second kappa shape index (κ2) is 10.3. The number of aromatic carboxylic acids is 1. The molecule has 0 aliphatic rings. The Balaban J connectivity index is 1.83. The van der Waals surface area contributed by atoms with Crippen LogP contribution in [0, 0.1) is 18.6 Å². The van der Waals surface area contributed by atoms with Gasteiger partial charge in [0.15, 0.2) is 0 Å². The van der Waals surface area contributed by atoms with E-state index in [0.29, 0.717) is 25.7 Å². The molecule has 0 unspecified atom stereocenters. The maximum Gasteiger partial charge on any atom is 0.339 e. The third-order valence-electron chi connectivity index (χ3n) is 5.24. The zero-order valence-corrected chi connectivity index (χ0v) is 18.8. The molecule has 1 N–H and O–H groups in total. The van der Waals surface area contributed by atoms with Crippen molar-refractivity contribution in [3.63, 3.8) is 0 Å². The molecular weight excluding hydrogens is 426 g/mol. The Kier molecular flexibility index (Phi) is 8.31. The van der Waals surface area contributed by atoms with E-state index in [1.165, 1.54) is 12.1 Å². The number of hydrogen-bond donors (Lipinski definition) is 1. The quantitative estimate of drug-likeness (QED) is 0.353. The van der Waals surface area contributed by atoms with Gasteiger partial charge in [-0.15, -0.1) is 0 Å². The lowest BCUT2D eigenvalue weighted by Crippen LogP contribution is -2.24. The first-order valence-electron chi connectivity index (χ1n) is 10.1. The zero-order chi connectivity index (χ0) is 23.2. The lowest BCUT2D eigenvalue weighted by Gasteiger charge is -2.27. The van der Waals surface area contributed by atoms with Crippen molar-refractivity contribution < 1.29 is 31.3 Å². The van der Waals surface area contributed by atoms with Gasteiger partial charge in [0.25, 0.3) is 10.1 Å². The molecule has 2 aromatic rings. The fourth-order valence-electron chi connectivity index (χ4n) is 3.51. The molecule has 0 fully saturated rings. The lowest BCUT2D eigenvalue weighted by atomic mass is 9.77. The molecular formula is C23H28F2O5S. The molecule has 0 aromatic heterocycles. The summed E-state index contributed by atoms with van der Waals surface area (Å²) >= 11 is 0. The highest BCUT2D eigenvalue weighted by Gasteiger charge is 2.31. The molecule has 0 radical (unpaired) electrons. The van der Waals surface area contributed by atoms with Gasteiger partial charge in [0.2, 0.25) is 0 Å². The molecule has 31 heavy (non-hydrogen) atoms. The first-order chi connectivity index (χ1) is 14.5. The molecule has 0 aliphatic carbocycles. The van der Waals surface area contributed by atoms with Gasteiger partial charge in [-0.1, -0.05) is 50.8 Å². The van der Waals surface area contributed by atoms with Gasteiger partial charge in [0.1, 0.15) is 17.2 Å². The van der Waals surface area contributed by atoms with Crippen molar-refractivity contribution in [2.45, 2.75) is 63.2 Å². The van der Waals surface area contributed by atoms with E-state index < -0.39 is 38.7 Å². The summed E-state index contributed by atoms with van der Waals surface area (Å²) in [5.74, 6) is -3.19. The van der Waals surface area contributed by atoms with E-state index in [9.17, 15) is 27.1 Å². The predicted octanol–water partition coefficient (Wildman–Crippen LogP) is 5.61. The highest BCUT2D eigenvalue weighted by Crippen LogP contribution is 2.35. The molecule has 5 nitrogen and oxygen atoms in total. The minimum absolute atomic E-state index is 0.0568. The topological polar surface area (TPSA) is 80.7 Å². The Hall–Kier alpha value is -2.32. The summed E-state index contributed by atoms with van der Waals surface area (Å²) in [6, 6.07) is 8.19. The number of aryl methyl sites for hydroxylation is 1. The summed E-state index contributed by atoms with van der Waals surface area (Å²) in [6.07, 6.45) is 3.04. The van der Waals surface area contributed by atoms with Crippen LogP contribution in [0.4, 0.5) is 8.78 Å². The van der Waals surface area contributed by atoms with Gasteiger partial charge in [0, 0.05) is 5.56 Å². The Labute approximate surface area is 182 Å². The number of benzene rings is 2. The summed E-state index contributed by atoms with van der Waals surface area (Å²) in [4.78, 5) is 11.5. The highest BCUT2D eigenvalue weighted by molar-refractivity contribution is 7.86. The van der Waals surface area contributed by atoms with Crippen molar-refractivity contribution in [2.75, 3.05) is 6.61 Å². The molecule has 0 aliphatic heterocycles. The fraction of sp³-hybridized carbons (Fsp3) is 0.435. The monoisotopic (exact) mass is 454 g/mol. The molecule has 0 bridgehead atoms. The SMILES string of the molecule is Cc1ccc(S(=O)(=O)OCCCCCCC(C)(C)c2c(F)ccc(F)c2C(=O)O)cc1. The summed E-state index contributed by atoms with van der Waals surface area (Å²) < 4.78 is 57.6. The second-order valence-corrected chi connectivity index (χ2v) is 9.84. The number of unbranched alkanes of at least 4 members (excludes halogenated alkanes) is 3. The van der Waals surface area contributed by atoms with E-state index >= 15 is 0 Å². The summed E-state index contributed by atoms with van der Waals surface area (Å²) in [7, 11) is -3.78. The lowest BCUT2D eigenvalue weighted by molar-refractivity contribution is 0.0687. The smallest absolute Gasteiger partial charge is 0.339 e. The Morgan fingerprint density at radius 2 is 1.55 bits per heavy atom. The van der Waals surface area contributed by atoms with Crippen LogP contribution in [0.15, 0.2) is 41.3 Å². The van der Waals surface area contributed by atoms with Gasteiger partial charge in [0.05, 0.1) is 11.5 Å². The van der Waals surface area contributed by atoms with Crippen LogP contribution in [0.1, 0.15) is 67.4 Å². The van der Waals surface area contributed by atoms with Gasteiger partial charge in [-0.3, -0.25) is 4.18 Å². The molecule has 170 valence electrons. The maximum atomic E-state index is 14.3. The van der Waals surface area contributed by atoms with Crippen molar-refractivity contribution in [1.29, 1.82) is 0 Å². The van der Waals surface area contributed by atoms with E-state index in [1.54, 1.807) is 26.0 Å². The number of carboxylic acid groups (broad SMARTS) is 1. The average Bonchev–Trinajstić information content (AvgIpc) is 2.68. The van der Waals surface area contributed by atoms with Crippen molar-refractivity contribution in [3.8, 4) is 0 Å². The standard InChI is InChI=1S/C23H28F2O5S/c1-16-8-10-17(11-9-16)31(28,29)30-15-7-5-4-6-14-23(2,3)21-19(25)13-12-18(24)20(21)22(26)27/h8-13H,4-7,14-15H2,1-3H3,(H,26,27). The van der Waals surface area contributed by atoms with Crippen LogP contribution >= 0.6 is 0 Å². The first kappa shape index (κ1) is 24.9. The van der Waals surface area contributed by atoms with Crippen molar-refractivity contribution in [2.24, 2.45) is 0 Å². The molecule has 0 heterocycles. The van der Waals surface area contributed by atoms with Crippen molar-refractivity contribution in [3.05, 3.63) is 64.7 Å². The van der Waals surface area contributed by atoms with Crippen LogP contribution in [0.25, 0.3) is 0 Å². The van der Waals surface area contributed by atoms with E-state index in [1.807, 2.05) is 6.92 Å². The summed E-state index contributed by atoms with van der Waals surface area (Å²) in [5.41, 5.74) is -0.673. The fourth-order valence-corrected chi connectivity index (χ4v) is 4.45. The van der Waals surface area contributed by atoms with Crippen LogP contribution < -0.4 is 0 Å². The van der Waals surface area contributed by atoms with Gasteiger partial charge >= 0.3 is 5.97 Å². The van der Waals surface area contributed by atoms with Crippen LogP contribution in [-0.4, -0.2) is 26.1 Å². The van der Waals surface area contributed by atoms with Crippen LogP contribution in [0.5, 0.6) is 0 Å². The molecule has 0 amide bonds. The van der Waals surface area contributed by atoms with E-state index in [-0.39, 0.29) is 17.1 Å². The van der Waals surface area contributed by atoms with E-state index in [0.717, 1.165) is 24.1 Å². The number of carbonyl (C=O) groups is 1. The largest absolute Gasteiger partial charge is 0.478 e. The van der Waals surface area contributed by atoms with E-state index in [2.05, 4.69) is 0 Å². The molecule has 8 heteroatoms. The van der Waals surface area contributed by atoms with E-state index in [4.69, 9.17) is 4.18 Å². The molecule has 0 spiro atoms. The first-order valence-corrected chi connectivity index (χ1v) is 11.5. The van der Waals surface area contributed by atoms with Gasteiger partial charge in [-0.05, 0) is 49.4 Å². The summed E-state index contributed by atoms with van der Waals surface area (Å²) in [5, 5.41) is 9.29. The number of carboxylic acids is 1. The zero-order valence-electron chi connectivity index (χ0n) is 18.0. The number of rotatable bonds is 11. The number of hydrogen-bond acceptors (Lipinski definition) is 4. The molecule has 0 saturated heterocycles. The summed E-state index contributed by atoms with van der Waals surface area (Å²) in [6.45, 7) is 5.30. The predicted molar refractivity (Wildman–Crippen MR) is 114 cm³/mol. The molecule has 2 rings (SSSR count). The molecule has 0 atom stereocenters. The van der Waals surface area contributed by atoms with Gasteiger partial charge in [-0.25, -0.2) is 13.6 Å². The van der Waals surface area contributed by atoms with Crippen molar-refractivity contribution in [1.82, 2.24) is 0 Å². The maximum absolute atomic E-state index is 14.3. The average molecular weight is 455 g/mol. The number of halogens is 2. The third kappa shape index (κ3) is 6.58.